The average Bonchev–Trinajstić information content (AvgIpc) is 3.02. The molecule has 3 rings (SSSR count). The largest absolute Gasteiger partial charge is 0.493 e. The summed E-state index contributed by atoms with van der Waals surface area (Å²) in [5.74, 6) is 3.24. The first kappa shape index (κ1) is 16.3. The molecular formula is C20H15NO4. The van der Waals surface area contributed by atoms with Crippen LogP contribution in [-0.4, -0.2) is 25.6 Å². The molecule has 25 heavy (non-hydrogen) atoms. The summed E-state index contributed by atoms with van der Waals surface area (Å²) in [7, 11) is 1.53. The van der Waals surface area contributed by atoms with E-state index in [0.717, 1.165) is 11.1 Å². The fourth-order valence-electron chi connectivity index (χ4n) is 2.28. The number of hydrogen-bond acceptors (Lipinski definition) is 5. The van der Waals surface area contributed by atoms with Gasteiger partial charge in [-0.2, -0.15) is 0 Å². The second kappa shape index (κ2) is 7.37. The average molecular weight is 333 g/mol. The quantitative estimate of drug-likeness (QED) is 0.479. The van der Waals surface area contributed by atoms with Gasteiger partial charge in [0.25, 0.3) is 0 Å². The number of ether oxygens (including phenoxy) is 3. The van der Waals surface area contributed by atoms with Gasteiger partial charge in [-0.05, 0) is 35.9 Å². The van der Waals surface area contributed by atoms with Gasteiger partial charge in [0.1, 0.15) is 6.61 Å². The molecule has 2 aromatic carbocycles. The van der Waals surface area contributed by atoms with E-state index >= 15 is 0 Å². The predicted molar refractivity (Wildman–Crippen MR) is 94.4 cm³/mol. The number of aliphatic imine (C=N–C) groups is 1. The number of carbonyl (C=O) groups excluding carboxylic acids is 1. The van der Waals surface area contributed by atoms with Crippen molar-refractivity contribution in [2.75, 3.05) is 13.7 Å². The molecule has 5 heteroatoms. The second-order valence-corrected chi connectivity index (χ2v) is 5.11. The molecule has 0 spiro atoms. The van der Waals surface area contributed by atoms with Crippen LogP contribution in [-0.2, 0) is 9.53 Å². The monoisotopic (exact) mass is 333 g/mol. The first-order valence-electron chi connectivity index (χ1n) is 7.53. The molecule has 0 fully saturated rings. The van der Waals surface area contributed by atoms with E-state index in [1.54, 1.807) is 24.3 Å². The topological polar surface area (TPSA) is 57.1 Å². The first-order chi connectivity index (χ1) is 12.2. The number of rotatable bonds is 5. The molecule has 2 aromatic rings. The first-order valence-corrected chi connectivity index (χ1v) is 7.53. The Balaban J connectivity index is 1.88. The summed E-state index contributed by atoms with van der Waals surface area (Å²) in [5.41, 5.74) is 1.70. The summed E-state index contributed by atoms with van der Waals surface area (Å²) in [5, 5.41) is 0. The van der Waals surface area contributed by atoms with Gasteiger partial charge in [-0.3, -0.25) is 0 Å². The smallest absolute Gasteiger partial charge is 0.363 e. The zero-order chi connectivity index (χ0) is 17.6. The number of hydrogen-bond donors (Lipinski definition) is 0. The van der Waals surface area contributed by atoms with Crippen LogP contribution in [0.3, 0.4) is 0 Å². The van der Waals surface area contributed by atoms with Gasteiger partial charge in [-0.1, -0.05) is 30.2 Å². The van der Waals surface area contributed by atoms with E-state index in [2.05, 4.69) is 10.9 Å². The molecule has 0 aromatic heterocycles. The van der Waals surface area contributed by atoms with E-state index in [1.165, 1.54) is 7.11 Å². The van der Waals surface area contributed by atoms with Crippen LogP contribution in [0.15, 0.2) is 59.2 Å². The summed E-state index contributed by atoms with van der Waals surface area (Å²) in [6.45, 7) is 0.147. The highest BCUT2D eigenvalue weighted by molar-refractivity contribution is 6.12. The molecule has 0 saturated heterocycles. The fourth-order valence-corrected chi connectivity index (χ4v) is 2.28. The highest BCUT2D eigenvalue weighted by atomic mass is 16.6. The third kappa shape index (κ3) is 3.70. The molecule has 0 bridgehead atoms. The van der Waals surface area contributed by atoms with Crippen LogP contribution < -0.4 is 9.47 Å². The molecule has 1 aliphatic heterocycles. The van der Waals surface area contributed by atoms with Crippen LogP contribution >= 0.6 is 0 Å². The summed E-state index contributed by atoms with van der Waals surface area (Å²) in [4.78, 5) is 16.3. The van der Waals surface area contributed by atoms with Crippen LogP contribution in [0, 0.1) is 12.3 Å². The lowest BCUT2D eigenvalue weighted by molar-refractivity contribution is -0.129. The third-order valence-corrected chi connectivity index (χ3v) is 3.44. The number of terminal acetylenes is 1. The summed E-state index contributed by atoms with van der Waals surface area (Å²) < 4.78 is 15.9. The van der Waals surface area contributed by atoms with Crippen molar-refractivity contribution in [1.29, 1.82) is 0 Å². The molecule has 0 radical (unpaired) electrons. The highest BCUT2D eigenvalue weighted by Gasteiger charge is 2.24. The van der Waals surface area contributed by atoms with Crippen molar-refractivity contribution < 1.29 is 19.0 Å². The zero-order valence-corrected chi connectivity index (χ0v) is 13.6. The Hall–Kier alpha value is -3.52. The molecule has 0 unspecified atom stereocenters. The standard InChI is InChI=1S/C20H15NO4/c1-3-11-24-17-10-9-14(13-18(17)23-2)12-16-20(22)25-19(21-16)15-7-5-4-6-8-15/h1,4-10,12-13H,11H2,2H3/b16-12+. The number of cyclic esters (lactones) is 1. The maximum Gasteiger partial charge on any atom is 0.363 e. The minimum absolute atomic E-state index is 0.147. The van der Waals surface area contributed by atoms with E-state index < -0.39 is 5.97 Å². The maximum absolute atomic E-state index is 12.0. The van der Waals surface area contributed by atoms with Gasteiger partial charge >= 0.3 is 5.97 Å². The van der Waals surface area contributed by atoms with E-state index in [4.69, 9.17) is 20.6 Å². The number of esters is 1. The minimum Gasteiger partial charge on any atom is -0.493 e. The normalized spacial score (nSPS) is 14.6. The molecule has 1 heterocycles. The van der Waals surface area contributed by atoms with Crippen molar-refractivity contribution in [2.45, 2.75) is 0 Å². The molecule has 124 valence electrons. The van der Waals surface area contributed by atoms with E-state index in [-0.39, 0.29) is 18.2 Å². The van der Waals surface area contributed by atoms with E-state index in [9.17, 15) is 4.79 Å². The molecular weight excluding hydrogens is 318 g/mol. The van der Waals surface area contributed by atoms with Gasteiger partial charge < -0.3 is 14.2 Å². The minimum atomic E-state index is -0.495. The zero-order valence-electron chi connectivity index (χ0n) is 13.6. The van der Waals surface area contributed by atoms with Crippen LogP contribution in [0.4, 0.5) is 0 Å². The lowest BCUT2D eigenvalue weighted by Gasteiger charge is -2.09. The lowest BCUT2D eigenvalue weighted by Crippen LogP contribution is -2.04. The molecule has 0 aliphatic carbocycles. The molecule has 5 nitrogen and oxygen atoms in total. The van der Waals surface area contributed by atoms with Gasteiger partial charge in [0.15, 0.2) is 17.2 Å². The second-order valence-electron chi connectivity index (χ2n) is 5.11. The van der Waals surface area contributed by atoms with Crippen molar-refractivity contribution >= 4 is 17.9 Å². The van der Waals surface area contributed by atoms with Crippen molar-refractivity contribution in [3.8, 4) is 23.8 Å². The van der Waals surface area contributed by atoms with Crippen molar-refractivity contribution in [1.82, 2.24) is 0 Å². The van der Waals surface area contributed by atoms with Crippen LogP contribution in [0.2, 0.25) is 0 Å². The Morgan fingerprint density at radius 2 is 2.00 bits per heavy atom. The van der Waals surface area contributed by atoms with Crippen LogP contribution in [0.25, 0.3) is 6.08 Å². The molecule has 0 saturated carbocycles. The SMILES string of the molecule is C#CCOc1ccc(/C=C2/N=C(c3ccccc3)OC2=O)cc1OC. The number of carbonyl (C=O) groups is 1. The number of methoxy groups -OCH3 is 1. The molecule has 1 aliphatic rings. The summed E-state index contributed by atoms with van der Waals surface area (Å²) in [6.07, 6.45) is 6.82. The molecule has 0 atom stereocenters. The Kier molecular flexibility index (Phi) is 4.82. The van der Waals surface area contributed by atoms with Crippen molar-refractivity contribution in [3.63, 3.8) is 0 Å². The number of benzene rings is 2. The number of nitrogens with zero attached hydrogens (tertiary/aromatic N) is 1. The Bertz CT molecular complexity index is 892. The lowest BCUT2D eigenvalue weighted by atomic mass is 10.1. The van der Waals surface area contributed by atoms with Gasteiger partial charge in [0.05, 0.1) is 7.11 Å². The highest BCUT2D eigenvalue weighted by Crippen LogP contribution is 2.29. The van der Waals surface area contributed by atoms with Crippen molar-refractivity contribution in [3.05, 3.63) is 65.4 Å². The van der Waals surface area contributed by atoms with Crippen LogP contribution in [0.5, 0.6) is 11.5 Å². The third-order valence-electron chi connectivity index (χ3n) is 3.44. The Morgan fingerprint density at radius 3 is 2.72 bits per heavy atom. The summed E-state index contributed by atoms with van der Waals surface area (Å²) in [6, 6.07) is 14.5. The van der Waals surface area contributed by atoms with E-state index in [1.807, 2.05) is 30.3 Å². The van der Waals surface area contributed by atoms with Gasteiger partial charge in [-0.25, -0.2) is 9.79 Å². The Morgan fingerprint density at radius 1 is 1.20 bits per heavy atom. The van der Waals surface area contributed by atoms with Gasteiger partial charge in [-0.15, -0.1) is 6.42 Å². The molecule has 0 amide bonds. The van der Waals surface area contributed by atoms with Crippen LogP contribution in [0.1, 0.15) is 11.1 Å². The Labute approximate surface area is 145 Å². The molecule has 0 N–H and O–H groups in total. The van der Waals surface area contributed by atoms with Crippen molar-refractivity contribution in [2.24, 2.45) is 4.99 Å². The predicted octanol–water partition coefficient (Wildman–Crippen LogP) is 3.05. The van der Waals surface area contributed by atoms with Gasteiger partial charge in [0.2, 0.25) is 5.90 Å². The van der Waals surface area contributed by atoms with Gasteiger partial charge in [0, 0.05) is 5.56 Å². The summed E-state index contributed by atoms with van der Waals surface area (Å²) >= 11 is 0. The maximum atomic E-state index is 12.0. The fraction of sp³-hybridized carbons (Fsp3) is 0.100. The van der Waals surface area contributed by atoms with E-state index in [0.29, 0.717) is 11.5 Å².